The topological polar surface area (TPSA) is 60.9 Å². The molecule has 0 radical (unpaired) electrons. The molecule has 0 saturated heterocycles. The fraction of sp³-hybridized carbons (Fsp3) is 0.208. The zero-order chi connectivity index (χ0) is 22.0. The molecule has 2 heterocycles. The van der Waals surface area contributed by atoms with Crippen molar-refractivity contribution in [3.63, 3.8) is 0 Å². The number of rotatable bonds is 7. The van der Waals surface area contributed by atoms with Gasteiger partial charge in [-0.25, -0.2) is 4.39 Å². The summed E-state index contributed by atoms with van der Waals surface area (Å²) in [5, 5.41) is 8.49. The third-order valence-corrected chi connectivity index (χ3v) is 5.98. The fourth-order valence-corrected chi connectivity index (χ4v) is 4.03. The number of carbonyl (C=O) groups excluding carboxylic acids is 1. The summed E-state index contributed by atoms with van der Waals surface area (Å²) < 4.78 is 20.9. The molecule has 2 aromatic carbocycles. The lowest BCUT2D eigenvalue weighted by atomic mass is 10.1. The van der Waals surface area contributed by atoms with Crippen molar-refractivity contribution in [2.75, 3.05) is 5.75 Å². The summed E-state index contributed by atoms with van der Waals surface area (Å²) in [4.78, 5) is 12.8. The van der Waals surface area contributed by atoms with Crippen molar-refractivity contribution in [2.45, 2.75) is 32.5 Å². The minimum atomic E-state index is -0.260. The Bertz CT molecular complexity index is 1210. The molecule has 0 aliphatic heterocycles. The van der Waals surface area contributed by atoms with Crippen molar-refractivity contribution in [2.24, 2.45) is 0 Å². The summed E-state index contributed by atoms with van der Waals surface area (Å²) in [6, 6.07) is 16.1. The number of halogens is 1. The van der Waals surface area contributed by atoms with Gasteiger partial charge in [-0.05, 0) is 56.7 Å². The summed E-state index contributed by atoms with van der Waals surface area (Å²) >= 11 is 1.23. The largest absolute Gasteiger partial charge is 0.411 e. The highest BCUT2D eigenvalue weighted by molar-refractivity contribution is 7.99. The fourth-order valence-electron chi connectivity index (χ4n) is 3.39. The highest BCUT2D eigenvalue weighted by Gasteiger charge is 2.18. The minimum absolute atomic E-state index is 0.00135. The molecule has 5 nitrogen and oxygen atoms in total. The Kier molecular flexibility index (Phi) is 6.04. The van der Waals surface area contributed by atoms with E-state index in [4.69, 9.17) is 4.42 Å². The number of hydrogen-bond donors (Lipinski definition) is 0. The molecule has 0 fully saturated rings. The van der Waals surface area contributed by atoms with Gasteiger partial charge in [0.2, 0.25) is 5.89 Å². The molecule has 0 spiro atoms. The molecule has 4 rings (SSSR count). The summed E-state index contributed by atoms with van der Waals surface area (Å²) in [6.07, 6.45) is 0. The molecule has 7 heteroatoms. The van der Waals surface area contributed by atoms with Gasteiger partial charge in [0.1, 0.15) is 5.82 Å². The molecule has 2 aromatic heterocycles. The standard InChI is InChI=1S/C24H22FN3O2S/c1-15-4-8-19(9-5-15)23-26-27-24(30-23)31-14-22(29)21-12-16(2)28(17(21)3)13-18-6-10-20(25)11-7-18/h4-12H,13-14H2,1-3H3. The van der Waals surface area contributed by atoms with Gasteiger partial charge in [0, 0.05) is 29.1 Å². The smallest absolute Gasteiger partial charge is 0.277 e. The van der Waals surface area contributed by atoms with E-state index in [0.717, 1.165) is 28.1 Å². The molecule has 31 heavy (non-hydrogen) atoms. The number of carbonyl (C=O) groups is 1. The maximum atomic E-state index is 13.2. The maximum absolute atomic E-state index is 13.2. The van der Waals surface area contributed by atoms with Crippen LogP contribution >= 0.6 is 11.8 Å². The van der Waals surface area contributed by atoms with E-state index in [2.05, 4.69) is 14.8 Å². The number of nitrogens with zero attached hydrogens (tertiary/aromatic N) is 3. The Morgan fingerprint density at radius 1 is 1.03 bits per heavy atom. The zero-order valence-corrected chi connectivity index (χ0v) is 18.4. The molecule has 4 aromatic rings. The second kappa shape index (κ2) is 8.89. The van der Waals surface area contributed by atoms with Crippen LogP contribution in [0.15, 0.2) is 64.2 Å². The Hall–Kier alpha value is -3.19. The third kappa shape index (κ3) is 4.77. The molecular formula is C24H22FN3O2S. The first-order valence-corrected chi connectivity index (χ1v) is 10.9. The zero-order valence-electron chi connectivity index (χ0n) is 17.6. The van der Waals surface area contributed by atoms with Gasteiger partial charge >= 0.3 is 0 Å². The number of aryl methyl sites for hydroxylation is 2. The lowest BCUT2D eigenvalue weighted by Gasteiger charge is -2.10. The Balaban J connectivity index is 1.43. The minimum Gasteiger partial charge on any atom is -0.411 e. The van der Waals surface area contributed by atoms with Gasteiger partial charge in [0.05, 0.1) is 5.75 Å². The van der Waals surface area contributed by atoms with Crippen LogP contribution in [-0.4, -0.2) is 26.3 Å². The van der Waals surface area contributed by atoms with Gasteiger partial charge in [0.15, 0.2) is 5.78 Å². The van der Waals surface area contributed by atoms with Crippen molar-refractivity contribution < 1.29 is 13.6 Å². The lowest BCUT2D eigenvalue weighted by Crippen LogP contribution is -2.07. The predicted octanol–water partition coefficient (Wildman–Crippen LogP) is 5.63. The molecule has 0 aliphatic rings. The van der Waals surface area contributed by atoms with Crippen molar-refractivity contribution in [3.8, 4) is 11.5 Å². The van der Waals surface area contributed by atoms with Crippen LogP contribution in [0.25, 0.3) is 11.5 Å². The Morgan fingerprint density at radius 2 is 1.74 bits per heavy atom. The van der Waals surface area contributed by atoms with Crippen molar-refractivity contribution in [1.82, 2.24) is 14.8 Å². The van der Waals surface area contributed by atoms with Crippen LogP contribution in [0.4, 0.5) is 4.39 Å². The van der Waals surface area contributed by atoms with Gasteiger partial charge in [-0.15, -0.1) is 10.2 Å². The SMILES string of the molecule is Cc1ccc(-c2nnc(SCC(=O)c3cc(C)n(Cc4ccc(F)cc4)c3C)o2)cc1. The molecule has 158 valence electrons. The van der Waals surface area contributed by atoms with E-state index in [1.807, 2.05) is 51.1 Å². The van der Waals surface area contributed by atoms with Crippen molar-refractivity contribution >= 4 is 17.5 Å². The molecular weight excluding hydrogens is 413 g/mol. The van der Waals surface area contributed by atoms with E-state index in [1.54, 1.807) is 12.1 Å². The van der Waals surface area contributed by atoms with Crippen LogP contribution in [0.3, 0.4) is 0 Å². The first kappa shape index (κ1) is 21.1. The van der Waals surface area contributed by atoms with Gasteiger partial charge in [-0.2, -0.15) is 0 Å². The van der Waals surface area contributed by atoms with Crippen LogP contribution in [0, 0.1) is 26.6 Å². The van der Waals surface area contributed by atoms with Gasteiger partial charge in [-0.3, -0.25) is 4.79 Å². The Morgan fingerprint density at radius 3 is 2.45 bits per heavy atom. The summed E-state index contributed by atoms with van der Waals surface area (Å²) in [5.74, 6) is 0.381. The molecule has 0 amide bonds. The number of ketones is 1. The number of hydrogen-bond acceptors (Lipinski definition) is 5. The number of thioether (sulfide) groups is 1. The predicted molar refractivity (Wildman–Crippen MR) is 119 cm³/mol. The van der Waals surface area contributed by atoms with Gasteiger partial charge in [0.25, 0.3) is 5.22 Å². The number of Topliss-reactive ketones (excluding diaryl/α,β-unsaturated/α-hetero) is 1. The highest BCUT2D eigenvalue weighted by atomic mass is 32.2. The molecule has 0 bridgehead atoms. The monoisotopic (exact) mass is 435 g/mol. The quantitative estimate of drug-likeness (QED) is 0.278. The summed E-state index contributed by atoms with van der Waals surface area (Å²) in [5.41, 5.74) is 5.52. The van der Waals surface area contributed by atoms with Crippen LogP contribution in [0.2, 0.25) is 0 Å². The van der Waals surface area contributed by atoms with Crippen LogP contribution in [0.1, 0.15) is 32.9 Å². The average molecular weight is 436 g/mol. The van der Waals surface area contributed by atoms with E-state index >= 15 is 0 Å². The lowest BCUT2D eigenvalue weighted by molar-refractivity contribution is 0.102. The second-order valence-corrected chi connectivity index (χ2v) is 8.38. The van der Waals surface area contributed by atoms with Crippen LogP contribution in [0.5, 0.6) is 0 Å². The van der Waals surface area contributed by atoms with E-state index in [-0.39, 0.29) is 17.4 Å². The van der Waals surface area contributed by atoms with E-state index in [9.17, 15) is 9.18 Å². The summed E-state index contributed by atoms with van der Waals surface area (Å²) in [7, 11) is 0. The first-order valence-electron chi connectivity index (χ1n) is 9.88. The first-order chi connectivity index (χ1) is 14.9. The van der Waals surface area contributed by atoms with E-state index in [1.165, 1.54) is 23.9 Å². The van der Waals surface area contributed by atoms with E-state index < -0.39 is 0 Å². The van der Waals surface area contributed by atoms with Gasteiger partial charge in [-0.1, -0.05) is 41.6 Å². The molecule has 0 unspecified atom stereocenters. The molecule has 0 N–H and O–H groups in total. The van der Waals surface area contributed by atoms with Crippen molar-refractivity contribution in [3.05, 3.63) is 88.5 Å². The number of aromatic nitrogens is 3. The van der Waals surface area contributed by atoms with Crippen molar-refractivity contribution in [1.29, 1.82) is 0 Å². The Labute approximate surface area is 184 Å². The third-order valence-electron chi connectivity index (χ3n) is 5.16. The molecule has 0 atom stereocenters. The van der Waals surface area contributed by atoms with Crippen LogP contribution < -0.4 is 0 Å². The van der Waals surface area contributed by atoms with Crippen LogP contribution in [-0.2, 0) is 6.54 Å². The summed E-state index contributed by atoms with van der Waals surface area (Å²) in [6.45, 7) is 6.49. The maximum Gasteiger partial charge on any atom is 0.277 e. The number of benzene rings is 2. The van der Waals surface area contributed by atoms with Gasteiger partial charge < -0.3 is 8.98 Å². The molecule has 0 saturated carbocycles. The average Bonchev–Trinajstić information content (AvgIpc) is 3.34. The molecule has 0 aliphatic carbocycles. The highest BCUT2D eigenvalue weighted by Crippen LogP contribution is 2.25. The second-order valence-electron chi connectivity index (χ2n) is 7.45. The normalized spacial score (nSPS) is 11.1. The van der Waals surface area contributed by atoms with E-state index in [0.29, 0.717) is 23.2 Å².